The molecule has 0 saturated carbocycles. The molecule has 0 aliphatic rings. The van der Waals surface area contributed by atoms with Gasteiger partial charge in [0.15, 0.2) is 17.3 Å². The van der Waals surface area contributed by atoms with E-state index in [4.69, 9.17) is 15.8 Å². The minimum Gasteiger partial charge on any atom is -0.444 e. The van der Waals surface area contributed by atoms with Gasteiger partial charge < -0.3 is 21.2 Å². The number of nitrogen functional groups attached to an aromatic ring is 1. The molecule has 3 aromatic heterocycles. The molecule has 0 aliphatic carbocycles. The van der Waals surface area contributed by atoms with Crippen molar-refractivity contribution in [1.82, 2.24) is 34.9 Å². The molecule has 0 atom stereocenters. The van der Waals surface area contributed by atoms with Crippen LogP contribution in [0.5, 0.6) is 0 Å². The third-order valence-electron chi connectivity index (χ3n) is 4.59. The Bertz CT molecular complexity index is 1500. The van der Waals surface area contributed by atoms with Gasteiger partial charge in [0.1, 0.15) is 20.8 Å². The van der Waals surface area contributed by atoms with E-state index in [1.54, 1.807) is 35.1 Å². The first-order chi connectivity index (χ1) is 18.3. The summed E-state index contributed by atoms with van der Waals surface area (Å²) in [4.78, 5) is 24.5. The molecule has 3 heterocycles. The van der Waals surface area contributed by atoms with Gasteiger partial charge in [-0.2, -0.15) is 0 Å². The van der Waals surface area contributed by atoms with E-state index < -0.39 is 0 Å². The molecule has 0 radical (unpaired) electrons. The van der Waals surface area contributed by atoms with Crippen molar-refractivity contribution in [2.75, 3.05) is 11.1 Å². The SMILES string of the molecule is Fc1ccc(Cn2nnc3ncc(Br)nc32)cc1.Nc1ncc(Br)nc1NCc1ccc(F)cc1.O=N[O-].[Na+]. The fraction of sp³-hybridized carbons (Fsp3) is 0.0909. The van der Waals surface area contributed by atoms with E-state index in [1.165, 1.54) is 30.5 Å². The van der Waals surface area contributed by atoms with Crippen LogP contribution in [0.25, 0.3) is 11.3 Å². The summed E-state index contributed by atoms with van der Waals surface area (Å²) in [6, 6.07) is 12.4. The molecule has 0 bridgehead atoms. The molecule has 0 spiro atoms. The summed E-state index contributed by atoms with van der Waals surface area (Å²) in [5.74, 6) is 0.319. The first kappa shape index (κ1) is 32.0. The van der Waals surface area contributed by atoms with Gasteiger partial charge in [0.2, 0.25) is 5.65 Å². The van der Waals surface area contributed by atoms with Crippen molar-refractivity contribution in [1.29, 1.82) is 0 Å². The number of anilines is 2. The minimum atomic E-state index is -0.260. The molecule has 0 saturated heterocycles. The number of nitrogens with one attached hydrogen (secondary N) is 1. The topological polar surface area (TPSA) is 173 Å². The van der Waals surface area contributed by atoms with Crippen molar-refractivity contribution in [2.45, 2.75) is 13.1 Å². The molecule has 0 unspecified atom stereocenters. The molecular formula is C22H17Br2F2N10NaO2. The standard InChI is InChI=1S/C11H7BrFN5.C11H10BrFN4.HNO2.Na/c12-9-5-14-10-11(15-9)18(17-16-10)6-7-1-3-8(13)4-2-7;12-9-6-15-10(14)11(17-9)16-5-7-1-3-8(13)4-2-7;2-1-3;/h1-5H,6H2;1-4,6H,5H2,(H2,14,15)(H,16,17);(H,2,3);/q;;;+1/p-1. The largest absolute Gasteiger partial charge is 1.00 e. The van der Waals surface area contributed by atoms with Crippen molar-refractivity contribution in [3.8, 4) is 0 Å². The van der Waals surface area contributed by atoms with Crippen molar-refractivity contribution < 1.29 is 38.3 Å². The van der Waals surface area contributed by atoms with Crippen LogP contribution in [-0.2, 0) is 13.1 Å². The summed E-state index contributed by atoms with van der Waals surface area (Å²) < 4.78 is 28.4. The molecular weight excluding hydrogens is 657 g/mol. The fourth-order valence-corrected chi connectivity index (χ4v) is 3.45. The van der Waals surface area contributed by atoms with E-state index in [2.05, 4.69) is 67.4 Å². The van der Waals surface area contributed by atoms with Gasteiger partial charge >= 0.3 is 29.6 Å². The van der Waals surface area contributed by atoms with Gasteiger partial charge in [0.25, 0.3) is 0 Å². The van der Waals surface area contributed by atoms with Crippen LogP contribution in [-0.4, -0.2) is 34.9 Å². The molecule has 0 fully saturated rings. The Morgan fingerprint density at radius 2 is 1.46 bits per heavy atom. The molecule has 5 rings (SSSR count). The third kappa shape index (κ3) is 10.1. The molecule has 5 aromatic rings. The summed E-state index contributed by atoms with van der Waals surface area (Å²) in [5.41, 5.74) is 8.60. The number of nitrogens with zero attached hydrogens (tertiary/aromatic N) is 8. The summed E-state index contributed by atoms with van der Waals surface area (Å²) in [7, 11) is 0. The predicted octanol–water partition coefficient (Wildman–Crippen LogP) is 2.00. The average Bonchev–Trinajstić information content (AvgIpc) is 3.29. The van der Waals surface area contributed by atoms with Gasteiger partial charge in [-0.25, -0.2) is 33.4 Å². The molecule has 39 heavy (non-hydrogen) atoms. The second-order valence-corrected chi connectivity index (χ2v) is 8.82. The zero-order valence-electron chi connectivity index (χ0n) is 20.2. The van der Waals surface area contributed by atoms with Crippen molar-refractivity contribution in [3.05, 3.63) is 103 Å². The van der Waals surface area contributed by atoms with Crippen molar-refractivity contribution in [2.24, 2.45) is 5.34 Å². The smallest absolute Gasteiger partial charge is 0.444 e. The Morgan fingerprint density at radius 3 is 2.08 bits per heavy atom. The number of hydrogen-bond donors (Lipinski definition) is 2. The molecule has 196 valence electrons. The van der Waals surface area contributed by atoms with Gasteiger partial charge in [-0.15, -0.1) is 10.4 Å². The number of fused-ring (bicyclic) bond motifs is 1. The number of rotatable bonds is 5. The van der Waals surface area contributed by atoms with E-state index in [0.717, 1.165) is 16.5 Å². The van der Waals surface area contributed by atoms with Crippen LogP contribution in [0.1, 0.15) is 11.1 Å². The Kier molecular flexibility index (Phi) is 13.2. The van der Waals surface area contributed by atoms with Crippen LogP contribution in [0.2, 0.25) is 0 Å². The van der Waals surface area contributed by atoms with Gasteiger partial charge in [-0.3, -0.25) is 0 Å². The maximum Gasteiger partial charge on any atom is 1.00 e. The summed E-state index contributed by atoms with van der Waals surface area (Å²) in [5, 5.41) is 19.9. The van der Waals surface area contributed by atoms with Crippen LogP contribution >= 0.6 is 31.9 Å². The first-order valence-electron chi connectivity index (χ1n) is 10.5. The van der Waals surface area contributed by atoms with E-state index >= 15 is 0 Å². The zero-order valence-corrected chi connectivity index (χ0v) is 25.3. The Labute approximate surface area is 259 Å². The molecule has 12 nitrogen and oxygen atoms in total. The number of nitrogens with two attached hydrogens (primary N) is 1. The van der Waals surface area contributed by atoms with Crippen LogP contribution in [0, 0.1) is 21.7 Å². The number of benzene rings is 2. The Hall–Kier alpha value is -3.18. The van der Waals surface area contributed by atoms with Gasteiger partial charge in [-0.1, -0.05) is 29.5 Å². The van der Waals surface area contributed by atoms with Gasteiger partial charge in [0, 0.05) is 6.54 Å². The molecule has 3 N–H and O–H groups in total. The summed E-state index contributed by atoms with van der Waals surface area (Å²) in [6.07, 6.45) is 3.09. The molecule has 0 amide bonds. The van der Waals surface area contributed by atoms with Crippen molar-refractivity contribution in [3.63, 3.8) is 0 Å². The molecule has 2 aromatic carbocycles. The van der Waals surface area contributed by atoms with E-state index in [-0.39, 0.29) is 41.2 Å². The maximum absolute atomic E-state index is 12.8. The summed E-state index contributed by atoms with van der Waals surface area (Å²) >= 11 is 6.47. The number of aromatic nitrogens is 7. The second kappa shape index (κ2) is 16.0. The fourth-order valence-electron chi connectivity index (χ4n) is 2.90. The normalized spacial score (nSPS) is 9.85. The van der Waals surface area contributed by atoms with Crippen LogP contribution < -0.4 is 40.6 Å². The minimum absolute atomic E-state index is 0. The van der Waals surface area contributed by atoms with Crippen LogP contribution in [0.4, 0.5) is 20.4 Å². The van der Waals surface area contributed by atoms with E-state index in [0.29, 0.717) is 45.2 Å². The second-order valence-electron chi connectivity index (χ2n) is 7.19. The number of halogens is 4. The molecule has 0 aliphatic heterocycles. The van der Waals surface area contributed by atoms with Crippen LogP contribution in [0.3, 0.4) is 0 Å². The average molecular weight is 674 g/mol. The number of hydrogen-bond acceptors (Lipinski definition) is 11. The monoisotopic (exact) mass is 672 g/mol. The van der Waals surface area contributed by atoms with Gasteiger partial charge in [-0.05, 0) is 67.3 Å². The quantitative estimate of drug-likeness (QED) is 0.160. The van der Waals surface area contributed by atoms with E-state index in [9.17, 15) is 8.78 Å². The Morgan fingerprint density at radius 1 is 0.923 bits per heavy atom. The zero-order chi connectivity index (χ0) is 27.5. The first-order valence-corrected chi connectivity index (χ1v) is 12.0. The van der Waals surface area contributed by atoms with Crippen molar-refractivity contribution >= 4 is 54.8 Å². The maximum atomic E-state index is 12.8. The van der Waals surface area contributed by atoms with Gasteiger partial charge in [0.05, 0.1) is 18.9 Å². The molecule has 17 heteroatoms. The van der Waals surface area contributed by atoms with Crippen LogP contribution in [0.15, 0.2) is 75.5 Å². The predicted molar refractivity (Wildman–Crippen MR) is 143 cm³/mol. The van der Waals surface area contributed by atoms with E-state index in [1.807, 2.05) is 0 Å². The third-order valence-corrected chi connectivity index (χ3v) is 5.35. The summed E-state index contributed by atoms with van der Waals surface area (Å²) in [6.45, 7) is 0.984. The Balaban J connectivity index is 0.000000243.